The average Bonchev–Trinajstić information content (AvgIpc) is 3.06. The summed E-state index contributed by atoms with van der Waals surface area (Å²) >= 11 is 0. The molecule has 0 unspecified atom stereocenters. The highest BCUT2D eigenvalue weighted by Crippen LogP contribution is 2.29. The first kappa shape index (κ1) is 16.8. The van der Waals surface area contributed by atoms with Crippen molar-refractivity contribution in [3.8, 4) is 17.0 Å². The second-order valence-electron chi connectivity index (χ2n) is 6.15. The quantitative estimate of drug-likeness (QED) is 0.594. The Kier molecular flexibility index (Phi) is 4.30. The van der Waals surface area contributed by atoms with Gasteiger partial charge >= 0.3 is 0 Å². The number of hydrogen-bond acceptors (Lipinski definition) is 4. The van der Waals surface area contributed by atoms with Crippen molar-refractivity contribution in [1.29, 1.82) is 0 Å². The number of amides is 1. The molecule has 4 aromatic rings. The van der Waals surface area contributed by atoms with E-state index in [1.165, 1.54) is 0 Å². The second kappa shape index (κ2) is 6.92. The van der Waals surface area contributed by atoms with E-state index in [0.717, 1.165) is 33.8 Å². The number of pyridine rings is 2. The summed E-state index contributed by atoms with van der Waals surface area (Å²) in [4.78, 5) is 15.8. The zero-order valence-corrected chi connectivity index (χ0v) is 14.8. The number of primary amides is 1. The normalized spacial score (nSPS) is 10.9. The Bertz CT molecular complexity index is 1120. The summed E-state index contributed by atoms with van der Waals surface area (Å²) in [7, 11) is 1.63. The summed E-state index contributed by atoms with van der Waals surface area (Å²) in [5.41, 5.74) is 10.3. The summed E-state index contributed by atoms with van der Waals surface area (Å²) in [6, 6.07) is 19.2. The minimum Gasteiger partial charge on any atom is -0.495 e. The third-order valence-electron chi connectivity index (χ3n) is 4.40. The van der Waals surface area contributed by atoms with Gasteiger partial charge in [0.1, 0.15) is 11.4 Å². The summed E-state index contributed by atoms with van der Waals surface area (Å²) < 4.78 is 7.13. The number of benzene rings is 1. The highest BCUT2D eigenvalue weighted by molar-refractivity contribution is 5.90. The SMILES string of the molecule is COc1ccc2c(Cc3cccc(C(N)=O)n3)c(-c3ccccc3)nn2c1. The standard InChI is InChI=1S/C21H18N4O2/c1-27-16-10-11-19-17(12-15-8-5-9-18(23-15)21(22)26)20(24-25(19)13-16)14-6-3-2-4-7-14/h2-11,13H,12H2,1H3,(H2,22,26). The van der Waals surface area contributed by atoms with Crippen LogP contribution in [0.15, 0.2) is 66.9 Å². The average molecular weight is 358 g/mol. The van der Waals surface area contributed by atoms with E-state index in [1.807, 2.05) is 59.2 Å². The zero-order chi connectivity index (χ0) is 18.8. The van der Waals surface area contributed by atoms with Crippen LogP contribution < -0.4 is 10.5 Å². The van der Waals surface area contributed by atoms with Crippen LogP contribution in [0.4, 0.5) is 0 Å². The molecule has 0 aliphatic heterocycles. The molecular weight excluding hydrogens is 340 g/mol. The topological polar surface area (TPSA) is 82.5 Å². The molecule has 0 saturated heterocycles. The van der Waals surface area contributed by atoms with E-state index in [-0.39, 0.29) is 5.69 Å². The Labute approximate surface area is 156 Å². The van der Waals surface area contributed by atoms with Crippen molar-refractivity contribution in [3.63, 3.8) is 0 Å². The van der Waals surface area contributed by atoms with E-state index in [1.54, 1.807) is 19.2 Å². The molecule has 4 rings (SSSR count). The fourth-order valence-electron chi connectivity index (χ4n) is 3.10. The molecule has 0 aliphatic rings. The van der Waals surface area contributed by atoms with Gasteiger partial charge in [-0.2, -0.15) is 5.10 Å². The van der Waals surface area contributed by atoms with E-state index >= 15 is 0 Å². The van der Waals surface area contributed by atoms with Crippen molar-refractivity contribution < 1.29 is 9.53 Å². The van der Waals surface area contributed by atoms with E-state index in [4.69, 9.17) is 15.6 Å². The van der Waals surface area contributed by atoms with Gasteiger partial charge in [0.2, 0.25) is 0 Å². The molecule has 0 aliphatic carbocycles. The molecule has 1 amide bonds. The number of nitrogens with zero attached hydrogens (tertiary/aromatic N) is 3. The molecule has 6 heteroatoms. The lowest BCUT2D eigenvalue weighted by Crippen LogP contribution is -2.13. The molecule has 0 saturated carbocycles. The lowest BCUT2D eigenvalue weighted by molar-refractivity contribution is 0.0995. The third-order valence-corrected chi connectivity index (χ3v) is 4.40. The van der Waals surface area contributed by atoms with Crippen molar-refractivity contribution >= 4 is 11.4 Å². The van der Waals surface area contributed by atoms with E-state index < -0.39 is 5.91 Å². The van der Waals surface area contributed by atoms with Gasteiger partial charge in [-0.3, -0.25) is 4.79 Å². The number of carbonyl (C=O) groups excluding carboxylic acids is 1. The molecule has 3 heterocycles. The number of nitrogens with two attached hydrogens (primary N) is 1. The number of ether oxygens (including phenoxy) is 1. The fraction of sp³-hybridized carbons (Fsp3) is 0.0952. The summed E-state index contributed by atoms with van der Waals surface area (Å²) in [5.74, 6) is 0.190. The summed E-state index contributed by atoms with van der Waals surface area (Å²) in [5, 5.41) is 4.76. The van der Waals surface area contributed by atoms with Crippen LogP contribution in [0.1, 0.15) is 21.7 Å². The van der Waals surface area contributed by atoms with Gasteiger partial charge < -0.3 is 10.5 Å². The van der Waals surface area contributed by atoms with E-state index in [9.17, 15) is 4.79 Å². The van der Waals surface area contributed by atoms with E-state index in [2.05, 4.69) is 4.98 Å². The maximum atomic E-state index is 11.5. The fourth-order valence-corrected chi connectivity index (χ4v) is 3.10. The lowest BCUT2D eigenvalue weighted by Gasteiger charge is -2.05. The van der Waals surface area contributed by atoms with Gasteiger partial charge in [0, 0.05) is 23.2 Å². The predicted octanol–water partition coefficient (Wildman–Crippen LogP) is 3.09. The Hall–Kier alpha value is -3.67. The van der Waals surface area contributed by atoms with Crippen LogP contribution in [0.3, 0.4) is 0 Å². The molecule has 6 nitrogen and oxygen atoms in total. The monoisotopic (exact) mass is 358 g/mol. The molecule has 1 aromatic carbocycles. The maximum Gasteiger partial charge on any atom is 0.267 e. The van der Waals surface area contributed by atoms with Crippen LogP contribution in [-0.2, 0) is 6.42 Å². The zero-order valence-electron chi connectivity index (χ0n) is 14.8. The molecule has 0 radical (unpaired) electrons. The highest BCUT2D eigenvalue weighted by Gasteiger charge is 2.16. The first-order chi connectivity index (χ1) is 13.2. The van der Waals surface area contributed by atoms with Gasteiger partial charge in [0.15, 0.2) is 0 Å². The number of aromatic nitrogens is 3. The van der Waals surface area contributed by atoms with Crippen LogP contribution >= 0.6 is 0 Å². The maximum absolute atomic E-state index is 11.5. The van der Waals surface area contributed by atoms with Crippen LogP contribution in [0.25, 0.3) is 16.8 Å². The summed E-state index contributed by atoms with van der Waals surface area (Å²) in [6.45, 7) is 0. The first-order valence-electron chi connectivity index (χ1n) is 8.52. The number of hydrogen-bond donors (Lipinski definition) is 1. The molecule has 0 spiro atoms. The van der Waals surface area contributed by atoms with Crippen molar-refractivity contribution in [3.05, 3.63) is 83.8 Å². The molecular formula is C21H18N4O2. The molecule has 0 fully saturated rings. The molecule has 0 bridgehead atoms. The minimum absolute atomic E-state index is 0.256. The lowest BCUT2D eigenvalue weighted by atomic mass is 10.0. The van der Waals surface area contributed by atoms with Gasteiger partial charge in [-0.1, -0.05) is 36.4 Å². The number of fused-ring (bicyclic) bond motifs is 1. The van der Waals surface area contributed by atoms with Crippen LogP contribution in [-0.4, -0.2) is 27.6 Å². The summed E-state index contributed by atoms with van der Waals surface area (Å²) in [6.07, 6.45) is 2.37. The van der Waals surface area contributed by atoms with Gasteiger partial charge in [-0.25, -0.2) is 9.50 Å². The molecule has 27 heavy (non-hydrogen) atoms. The highest BCUT2D eigenvalue weighted by atomic mass is 16.5. The van der Waals surface area contributed by atoms with Crippen molar-refractivity contribution in [2.45, 2.75) is 6.42 Å². The van der Waals surface area contributed by atoms with Gasteiger partial charge in [0.05, 0.1) is 24.5 Å². The molecule has 2 N–H and O–H groups in total. The smallest absolute Gasteiger partial charge is 0.267 e. The van der Waals surface area contributed by atoms with Crippen LogP contribution in [0.5, 0.6) is 5.75 Å². The van der Waals surface area contributed by atoms with Crippen molar-refractivity contribution in [1.82, 2.24) is 14.6 Å². The largest absolute Gasteiger partial charge is 0.495 e. The predicted molar refractivity (Wildman–Crippen MR) is 103 cm³/mol. The second-order valence-corrected chi connectivity index (χ2v) is 6.15. The van der Waals surface area contributed by atoms with Crippen LogP contribution in [0, 0.1) is 0 Å². The Morgan fingerprint density at radius 3 is 2.63 bits per heavy atom. The number of methoxy groups -OCH3 is 1. The van der Waals surface area contributed by atoms with Gasteiger partial charge in [0.25, 0.3) is 5.91 Å². The Morgan fingerprint density at radius 1 is 1.07 bits per heavy atom. The Morgan fingerprint density at radius 2 is 1.89 bits per heavy atom. The van der Waals surface area contributed by atoms with Crippen molar-refractivity contribution in [2.24, 2.45) is 5.73 Å². The number of rotatable bonds is 5. The molecule has 0 atom stereocenters. The molecule has 134 valence electrons. The van der Waals surface area contributed by atoms with Gasteiger partial charge in [-0.15, -0.1) is 0 Å². The first-order valence-corrected chi connectivity index (χ1v) is 8.52. The van der Waals surface area contributed by atoms with Crippen LogP contribution in [0.2, 0.25) is 0 Å². The van der Waals surface area contributed by atoms with Crippen molar-refractivity contribution in [2.75, 3.05) is 7.11 Å². The Balaban J connectivity index is 1.87. The molecule has 3 aromatic heterocycles. The third kappa shape index (κ3) is 3.25. The minimum atomic E-state index is -0.537. The van der Waals surface area contributed by atoms with E-state index in [0.29, 0.717) is 6.42 Å². The number of carbonyl (C=O) groups is 1. The van der Waals surface area contributed by atoms with Gasteiger partial charge in [-0.05, 0) is 24.3 Å².